The number of nitrogens with one attached hydrogen (secondary N) is 1. The second-order valence-electron chi connectivity index (χ2n) is 4.26. The van der Waals surface area contributed by atoms with Crippen molar-refractivity contribution >= 4 is 17.3 Å². The van der Waals surface area contributed by atoms with Crippen LogP contribution in [0.25, 0.3) is 0 Å². The van der Waals surface area contributed by atoms with Gasteiger partial charge in [0, 0.05) is 18.6 Å². The van der Waals surface area contributed by atoms with E-state index in [4.69, 9.17) is 25.5 Å². The zero-order chi connectivity index (χ0) is 14.5. The van der Waals surface area contributed by atoms with Crippen LogP contribution in [0.4, 0.5) is 5.69 Å². The fourth-order valence-corrected chi connectivity index (χ4v) is 2.10. The van der Waals surface area contributed by atoms with Crippen molar-refractivity contribution in [2.75, 3.05) is 19.5 Å². The van der Waals surface area contributed by atoms with E-state index >= 15 is 0 Å². The highest BCUT2D eigenvalue weighted by Crippen LogP contribution is 2.36. The Morgan fingerprint density at radius 3 is 2.35 bits per heavy atom. The second kappa shape index (κ2) is 6.57. The molecule has 0 aliphatic heterocycles. The van der Waals surface area contributed by atoms with Gasteiger partial charge >= 0.3 is 0 Å². The summed E-state index contributed by atoms with van der Waals surface area (Å²) in [7, 11) is 3.17. The molecule has 108 valence electrons. The molecule has 1 aromatic carbocycles. The summed E-state index contributed by atoms with van der Waals surface area (Å²) < 4.78 is 16.1. The molecule has 1 aromatic heterocycles. The molecule has 1 N–H and O–H groups in total. The molecule has 0 amide bonds. The van der Waals surface area contributed by atoms with Crippen molar-refractivity contribution in [2.45, 2.75) is 19.9 Å². The summed E-state index contributed by atoms with van der Waals surface area (Å²) in [5, 5.41) is 3.81. The number of aryl methyl sites for hydroxylation is 1. The van der Waals surface area contributed by atoms with Crippen molar-refractivity contribution in [1.29, 1.82) is 0 Å². The monoisotopic (exact) mass is 295 g/mol. The van der Waals surface area contributed by atoms with Gasteiger partial charge in [0.05, 0.1) is 31.5 Å². The van der Waals surface area contributed by atoms with Crippen molar-refractivity contribution in [3.63, 3.8) is 0 Å². The first-order valence-corrected chi connectivity index (χ1v) is 6.78. The van der Waals surface area contributed by atoms with Crippen LogP contribution in [-0.2, 0) is 13.0 Å². The smallest absolute Gasteiger partial charge is 0.162 e. The lowest BCUT2D eigenvalue weighted by molar-refractivity contribution is 0.355. The number of hydrogen-bond donors (Lipinski definition) is 1. The first kappa shape index (κ1) is 14.6. The van der Waals surface area contributed by atoms with Gasteiger partial charge in [-0.15, -0.1) is 0 Å². The minimum absolute atomic E-state index is 0.565. The third-order valence-electron chi connectivity index (χ3n) is 2.99. The van der Waals surface area contributed by atoms with Crippen molar-refractivity contribution in [3.8, 4) is 11.5 Å². The molecule has 0 fully saturated rings. The van der Waals surface area contributed by atoms with Gasteiger partial charge in [0.25, 0.3) is 0 Å². The van der Waals surface area contributed by atoms with Gasteiger partial charge < -0.3 is 19.2 Å². The van der Waals surface area contributed by atoms with E-state index in [1.165, 1.54) is 0 Å². The molecule has 0 spiro atoms. The molecule has 5 heteroatoms. The standard InChI is InChI=1S/C15H18ClNO3/c1-4-10-5-6-11(20-10)9-17-13-8-15(19-3)14(18-2)7-12(13)16/h5-8,17H,4,9H2,1-3H3. The summed E-state index contributed by atoms with van der Waals surface area (Å²) in [4.78, 5) is 0. The summed E-state index contributed by atoms with van der Waals surface area (Å²) in [6, 6.07) is 7.47. The lowest BCUT2D eigenvalue weighted by Crippen LogP contribution is -2.00. The molecule has 0 saturated heterocycles. The largest absolute Gasteiger partial charge is 0.493 e. The molecule has 20 heavy (non-hydrogen) atoms. The van der Waals surface area contributed by atoms with Crippen molar-refractivity contribution < 1.29 is 13.9 Å². The quantitative estimate of drug-likeness (QED) is 0.870. The Hall–Kier alpha value is -1.81. The van der Waals surface area contributed by atoms with E-state index in [-0.39, 0.29) is 0 Å². The summed E-state index contributed by atoms with van der Waals surface area (Å²) in [5.74, 6) is 3.08. The van der Waals surface area contributed by atoms with Gasteiger partial charge in [0.1, 0.15) is 11.5 Å². The van der Waals surface area contributed by atoms with Gasteiger partial charge in [-0.3, -0.25) is 0 Å². The van der Waals surface area contributed by atoms with Gasteiger partial charge in [-0.25, -0.2) is 0 Å². The molecule has 0 unspecified atom stereocenters. The van der Waals surface area contributed by atoms with Crippen LogP contribution in [0.2, 0.25) is 5.02 Å². The molecule has 0 atom stereocenters. The fraction of sp³-hybridized carbons (Fsp3) is 0.333. The molecule has 2 aromatic rings. The number of methoxy groups -OCH3 is 2. The van der Waals surface area contributed by atoms with E-state index in [2.05, 4.69) is 12.2 Å². The molecule has 4 nitrogen and oxygen atoms in total. The third kappa shape index (κ3) is 3.20. The molecule has 0 aliphatic rings. The van der Waals surface area contributed by atoms with Crippen LogP contribution in [-0.4, -0.2) is 14.2 Å². The summed E-state index contributed by atoms with van der Waals surface area (Å²) in [6.45, 7) is 2.62. The minimum Gasteiger partial charge on any atom is -0.493 e. The highest BCUT2D eigenvalue weighted by atomic mass is 35.5. The van der Waals surface area contributed by atoms with Crippen LogP contribution in [0.15, 0.2) is 28.7 Å². The van der Waals surface area contributed by atoms with E-state index in [9.17, 15) is 0 Å². The summed E-state index contributed by atoms with van der Waals surface area (Å²) >= 11 is 6.21. The van der Waals surface area contributed by atoms with E-state index in [0.717, 1.165) is 23.6 Å². The van der Waals surface area contributed by atoms with Gasteiger partial charge in [0.2, 0.25) is 0 Å². The fourth-order valence-electron chi connectivity index (χ4n) is 1.88. The maximum atomic E-state index is 6.21. The Kier molecular flexibility index (Phi) is 4.79. The predicted molar refractivity (Wildman–Crippen MR) is 80.0 cm³/mol. The Labute approximate surface area is 123 Å². The average Bonchev–Trinajstić information content (AvgIpc) is 2.93. The third-order valence-corrected chi connectivity index (χ3v) is 3.30. The van der Waals surface area contributed by atoms with Crippen LogP contribution in [0, 0.1) is 0 Å². The molecule has 0 radical (unpaired) electrons. The van der Waals surface area contributed by atoms with Crippen LogP contribution in [0.5, 0.6) is 11.5 Å². The van der Waals surface area contributed by atoms with Gasteiger partial charge in [0.15, 0.2) is 11.5 Å². The van der Waals surface area contributed by atoms with E-state index in [1.807, 2.05) is 18.2 Å². The minimum atomic E-state index is 0.565. The predicted octanol–water partition coefficient (Wildman–Crippen LogP) is 4.12. The van der Waals surface area contributed by atoms with Crippen molar-refractivity contribution in [3.05, 3.63) is 40.8 Å². The number of anilines is 1. The number of benzene rings is 1. The maximum absolute atomic E-state index is 6.21. The first-order chi connectivity index (χ1) is 9.67. The van der Waals surface area contributed by atoms with Crippen molar-refractivity contribution in [2.24, 2.45) is 0 Å². The summed E-state index contributed by atoms with van der Waals surface area (Å²) in [6.07, 6.45) is 0.886. The normalized spacial score (nSPS) is 10.4. The number of hydrogen-bond acceptors (Lipinski definition) is 4. The molecular formula is C15H18ClNO3. The Bertz CT molecular complexity index is 580. The zero-order valence-electron chi connectivity index (χ0n) is 11.8. The SMILES string of the molecule is CCc1ccc(CNc2cc(OC)c(OC)cc2Cl)o1. The Morgan fingerprint density at radius 1 is 1.10 bits per heavy atom. The van der Waals surface area contributed by atoms with Gasteiger partial charge in [-0.05, 0) is 12.1 Å². The highest BCUT2D eigenvalue weighted by molar-refractivity contribution is 6.33. The van der Waals surface area contributed by atoms with E-state index < -0.39 is 0 Å². The van der Waals surface area contributed by atoms with Crippen LogP contribution < -0.4 is 14.8 Å². The number of ether oxygens (including phenoxy) is 2. The molecular weight excluding hydrogens is 278 g/mol. The topological polar surface area (TPSA) is 43.6 Å². The van der Waals surface area contributed by atoms with E-state index in [1.54, 1.807) is 20.3 Å². The Balaban J connectivity index is 2.12. The molecule has 2 rings (SSSR count). The Morgan fingerprint density at radius 2 is 1.75 bits per heavy atom. The average molecular weight is 296 g/mol. The first-order valence-electron chi connectivity index (χ1n) is 6.41. The molecule has 0 bridgehead atoms. The number of halogens is 1. The van der Waals surface area contributed by atoms with Crippen LogP contribution in [0.1, 0.15) is 18.4 Å². The van der Waals surface area contributed by atoms with Gasteiger partial charge in [-0.2, -0.15) is 0 Å². The van der Waals surface area contributed by atoms with Crippen LogP contribution >= 0.6 is 11.6 Å². The van der Waals surface area contributed by atoms with Crippen LogP contribution in [0.3, 0.4) is 0 Å². The highest BCUT2D eigenvalue weighted by Gasteiger charge is 2.10. The summed E-state index contributed by atoms with van der Waals surface area (Å²) in [5.41, 5.74) is 0.777. The number of furan rings is 1. The molecule has 0 aliphatic carbocycles. The van der Waals surface area contributed by atoms with E-state index in [0.29, 0.717) is 23.1 Å². The molecule has 0 saturated carbocycles. The maximum Gasteiger partial charge on any atom is 0.162 e. The van der Waals surface area contributed by atoms with Crippen molar-refractivity contribution in [1.82, 2.24) is 0 Å². The zero-order valence-corrected chi connectivity index (χ0v) is 12.6. The molecule has 1 heterocycles. The second-order valence-corrected chi connectivity index (χ2v) is 4.67. The lowest BCUT2D eigenvalue weighted by Gasteiger charge is -2.12. The van der Waals surface area contributed by atoms with Gasteiger partial charge in [-0.1, -0.05) is 18.5 Å². The lowest BCUT2D eigenvalue weighted by atomic mass is 10.2. The number of rotatable bonds is 6.